The van der Waals surface area contributed by atoms with E-state index in [0.29, 0.717) is 29.7 Å². The molecule has 16 heavy (non-hydrogen) atoms. The highest BCUT2D eigenvalue weighted by Gasteiger charge is 2.37. The minimum atomic E-state index is -0.423. The molecule has 86 valence electrons. The zero-order valence-electron chi connectivity index (χ0n) is 9.76. The lowest BCUT2D eigenvalue weighted by Gasteiger charge is -2.30. The molecule has 0 radical (unpaired) electrons. The number of methoxy groups -OCH3 is 1. The molecule has 0 aliphatic heterocycles. The maximum Gasteiger partial charge on any atom is 0.172 e. The Morgan fingerprint density at radius 2 is 2.06 bits per heavy atom. The lowest BCUT2D eigenvalue weighted by Crippen LogP contribution is -2.31. The Balaban J connectivity index is 2.65. The summed E-state index contributed by atoms with van der Waals surface area (Å²) < 4.78 is 18.7. The number of carbonyl (C=O) groups excluding carboxylic acids is 1. The van der Waals surface area contributed by atoms with Crippen LogP contribution in [0.1, 0.15) is 36.2 Å². The van der Waals surface area contributed by atoms with Gasteiger partial charge in [0.1, 0.15) is 11.6 Å². The van der Waals surface area contributed by atoms with Crippen LogP contribution in [0.4, 0.5) is 4.39 Å². The van der Waals surface area contributed by atoms with Crippen molar-refractivity contribution in [1.29, 1.82) is 0 Å². The minimum absolute atomic E-state index is 0.0231. The number of hydrogen-bond acceptors (Lipinski definition) is 2. The number of ether oxygens (including phenoxy) is 1. The first-order valence-corrected chi connectivity index (χ1v) is 5.37. The predicted molar refractivity (Wildman–Crippen MR) is 59.4 cm³/mol. The van der Waals surface area contributed by atoms with E-state index in [1.54, 1.807) is 0 Å². The molecular weight excluding hydrogens is 207 g/mol. The Morgan fingerprint density at radius 3 is 2.69 bits per heavy atom. The van der Waals surface area contributed by atoms with Crippen LogP contribution in [0, 0.1) is 11.2 Å². The number of rotatable bonds is 1. The maximum atomic E-state index is 13.6. The molecule has 0 aromatic heterocycles. The van der Waals surface area contributed by atoms with Crippen molar-refractivity contribution in [2.45, 2.75) is 26.7 Å². The van der Waals surface area contributed by atoms with Gasteiger partial charge in [-0.2, -0.15) is 0 Å². The van der Waals surface area contributed by atoms with Crippen LogP contribution >= 0.6 is 0 Å². The molecule has 0 bridgehead atoms. The second kappa shape index (κ2) is 3.58. The van der Waals surface area contributed by atoms with E-state index in [2.05, 4.69) is 0 Å². The van der Waals surface area contributed by atoms with E-state index < -0.39 is 5.41 Å². The van der Waals surface area contributed by atoms with Gasteiger partial charge in [-0.25, -0.2) is 4.39 Å². The molecule has 2 nitrogen and oxygen atoms in total. The van der Waals surface area contributed by atoms with Gasteiger partial charge in [-0.3, -0.25) is 4.79 Å². The molecule has 1 aliphatic rings. The van der Waals surface area contributed by atoms with Gasteiger partial charge in [0.05, 0.1) is 12.7 Å². The van der Waals surface area contributed by atoms with E-state index in [9.17, 15) is 9.18 Å². The molecule has 0 fully saturated rings. The molecule has 0 heterocycles. The standard InChI is InChI=1S/C13H15FO2/c1-13(2)7-6-8-9(14)4-5-10(16-3)11(8)12(13)15/h4-5H,6-7H2,1-3H3. The largest absolute Gasteiger partial charge is 0.496 e. The number of carbonyl (C=O) groups is 1. The molecule has 1 aliphatic carbocycles. The summed E-state index contributed by atoms with van der Waals surface area (Å²) in [5, 5.41) is 0. The Labute approximate surface area is 94.4 Å². The van der Waals surface area contributed by atoms with Crippen LogP contribution in [0.5, 0.6) is 5.75 Å². The number of fused-ring (bicyclic) bond motifs is 1. The van der Waals surface area contributed by atoms with Crippen LogP contribution in [0.15, 0.2) is 12.1 Å². The number of Topliss-reactive ketones (excluding diaryl/α,β-unsaturated/α-hetero) is 1. The molecule has 1 aromatic rings. The Hall–Kier alpha value is -1.38. The van der Waals surface area contributed by atoms with Crippen molar-refractivity contribution in [2.75, 3.05) is 7.11 Å². The van der Waals surface area contributed by atoms with E-state index in [4.69, 9.17) is 4.74 Å². The fourth-order valence-corrected chi connectivity index (χ4v) is 2.15. The highest BCUT2D eigenvalue weighted by Crippen LogP contribution is 2.39. The normalized spacial score (nSPS) is 18.1. The third-order valence-electron chi connectivity index (χ3n) is 3.28. The SMILES string of the molecule is COc1ccc(F)c2c1C(=O)C(C)(C)CC2. The summed E-state index contributed by atoms with van der Waals surface area (Å²) in [6, 6.07) is 2.89. The molecule has 0 N–H and O–H groups in total. The average molecular weight is 222 g/mol. The van der Waals surface area contributed by atoms with Gasteiger partial charge in [0.25, 0.3) is 0 Å². The van der Waals surface area contributed by atoms with Crippen LogP contribution in [0.2, 0.25) is 0 Å². The highest BCUT2D eigenvalue weighted by molar-refractivity contribution is 6.04. The monoisotopic (exact) mass is 222 g/mol. The van der Waals surface area contributed by atoms with E-state index in [1.165, 1.54) is 19.2 Å². The summed E-state index contributed by atoms with van der Waals surface area (Å²) in [7, 11) is 1.50. The quantitative estimate of drug-likeness (QED) is 0.730. The number of halogens is 1. The molecule has 0 spiro atoms. The van der Waals surface area contributed by atoms with Crippen molar-refractivity contribution in [3.63, 3.8) is 0 Å². The topological polar surface area (TPSA) is 26.3 Å². The summed E-state index contributed by atoms with van der Waals surface area (Å²) in [5.74, 6) is 0.152. The molecule has 0 unspecified atom stereocenters. The van der Waals surface area contributed by atoms with Gasteiger partial charge in [0.2, 0.25) is 0 Å². The van der Waals surface area contributed by atoms with E-state index in [0.717, 1.165) is 0 Å². The van der Waals surface area contributed by atoms with Gasteiger partial charge in [0.15, 0.2) is 5.78 Å². The van der Waals surface area contributed by atoms with Crippen molar-refractivity contribution in [3.8, 4) is 5.75 Å². The number of hydrogen-bond donors (Lipinski definition) is 0. The van der Waals surface area contributed by atoms with Crippen LogP contribution in [-0.4, -0.2) is 12.9 Å². The molecule has 3 heteroatoms. The van der Waals surface area contributed by atoms with Crippen LogP contribution in [-0.2, 0) is 6.42 Å². The Morgan fingerprint density at radius 1 is 1.38 bits per heavy atom. The Bertz CT molecular complexity index is 449. The van der Waals surface area contributed by atoms with Gasteiger partial charge in [-0.05, 0) is 25.0 Å². The van der Waals surface area contributed by atoms with Gasteiger partial charge >= 0.3 is 0 Å². The van der Waals surface area contributed by atoms with Crippen molar-refractivity contribution >= 4 is 5.78 Å². The molecule has 0 atom stereocenters. The van der Waals surface area contributed by atoms with E-state index >= 15 is 0 Å². The third kappa shape index (κ3) is 1.51. The lowest BCUT2D eigenvalue weighted by molar-refractivity contribution is 0.0805. The van der Waals surface area contributed by atoms with Crippen molar-refractivity contribution in [2.24, 2.45) is 5.41 Å². The maximum absolute atomic E-state index is 13.6. The summed E-state index contributed by atoms with van der Waals surface area (Å²) in [5.41, 5.74) is 0.510. The number of ketones is 1. The van der Waals surface area contributed by atoms with Crippen molar-refractivity contribution in [3.05, 3.63) is 29.1 Å². The van der Waals surface area contributed by atoms with E-state index in [-0.39, 0.29) is 11.6 Å². The molecular formula is C13H15FO2. The average Bonchev–Trinajstić information content (AvgIpc) is 2.24. The van der Waals surface area contributed by atoms with Gasteiger partial charge < -0.3 is 4.74 Å². The van der Waals surface area contributed by atoms with Crippen molar-refractivity contribution in [1.82, 2.24) is 0 Å². The van der Waals surface area contributed by atoms with Crippen LogP contribution in [0.25, 0.3) is 0 Å². The number of benzene rings is 1. The summed E-state index contributed by atoms with van der Waals surface area (Å²) in [6.07, 6.45) is 1.28. The van der Waals surface area contributed by atoms with Gasteiger partial charge in [0, 0.05) is 11.0 Å². The Kier molecular flexibility index (Phi) is 2.49. The molecule has 0 saturated heterocycles. The van der Waals surface area contributed by atoms with Gasteiger partial charge in [-0.15, -0.1) is 0 Å². The second-order valence-corrected chi connectivity index (χ2v) is 4.82. The predicted octanol–water partition coefficient (Wildman–Crippen LogP) is 2.99. The first-order valence-electron chi connectivity index (χ1n) is 5.37. The third-order valence-corrected chi connectivity index (χ3v) is 3.28. The smallest absolute Gasteiger partial charge is 0.172 e. The zero-order chi connectivity index (χ0) is 11.9. The van der Waals surface area contributed by atoms with Crippen LogP contribution < -0.4 is 4.74 Å². The minimum Gasteiger partial charge on any atom is -0.496 e. The van der Waals surface area contributed by atoms with Crippen LogP contribution in [0.3, 0.4) is 0 Å². The molecule has 1 aromatic carbocycles. The van der Waals surface area contributed by atoms with E-state index in [1.807, 2.05) is 13.8 Å². The molecule has 0 saturated carbocycles. The molecule has 0 amide bonds. The fourth-order valence-electron chi connectivity index (χ4n) is 2.15. The highest BCUT2D eigenvalue weighted by atomic mass is 19.1. The first kappa shape index (κ1) is 11.1. The molecule has 2 rings (SSSR count). The lowest BCUT2D eigenvalue weighted by atomic mass is 9.73. The fraction of sp³-hybridized carbons (Fsp3) is 0.462. The second-order valence-electron chi connectivity index (χ2n) is 4.82. The zero-order valence-corrected chi connectivity index (χ0v) is 9.76. The summed E-state index contributed by atoms with van der Waals surface area (Å²) in [4.78, 5) is 12.2. The summed E-state index contributed by atoms with van der Waals surface area (Å²) >= 11 is 0. The van der Waals surface area contributed by atoms with Gasteiger partial charge in [-0.1, -0.05) is 13.8 Å². The summed E-state index contributed by atoms with van der Waals surface area (Å²) in [6.45, 7) is 3.78. The van der Waals surface area contributed by atoms with Crippen molar-refractivity contribution < 1.29 is 13.9 Å². The first-order chi connectivity index (χ1) is 7.47.